The highest BCUT2D eigenvalue weighted by atomic mass is 16.6. The number of likely N-dealkylation sites (tertiary alicyclic amines) is 1. The van der Waals surface area contributed by atoms with Gasteiger partial charge < -0.3 is 14.4 Å². The first kappa shape index (κ1) is 17.5. The van der Waals surface area contributed by atoms with E-state index in [0.29, 0.717) is 26.0 Å². The Kier molecular flexibility index (Phi) is 5.42. The van der Waals surface area contributed by atoms with E-state index in [1.807, 2.05) is 34.6 Å². The van der Waals surface area contributed by atoms with E-state index in [0.717, 1.165) is 5.57 Å². The minimum atomic E-state index is -0.506. The van der Waals surface area contributed by atoms with E-state index in [4.69, 9.17) is 9.47 Å². The topological polar surface area (TPSA) is 55.8 Å². The van der Waals surface area contributed by atoms with Gasteiger partial charge in [-0.3, -0.25) is 0 Å². The molecule has 1 aliphatic heterocycles. The van der Waals surface area contributed by atoms with Gasteiger partial charge in [-0.1, -0.05) is 5.57 Å². The highest BCUT2D eigenvalue weighted by molar-refractivity contribution is 5.83. The molecule has 1 amide bonds. The molecule has 1 saturated heterocycles. The quantitative estimate of drug-likeness (QED) is 0.580. The summed E-state index contributed by atoms with van der Waals surface area (Å²) in [7, 11) is 0. The monoisotopic (exact) mass is 297 g/mol. The van der Waals surface area contributed by atoms with Crippen LogP contribution in [-0.4, -0.2) is 41.3 Å². The van der Waals surface area contributed by atoms with Gasteiger partial charge in [-0.15, -0.1) is 0 Å². The number of rotatable bonds is 2. The Bertz CT molecular complexity index is 432. The smallest absolute Gasteiger partial charge is 0.410 e. The van der Waals surface area contributed by atoms with Gasteiger partial charge in [-0.05, 0) is 54.4 Å². The first-order valence-electron chi connectivity index (χ1n) is 7.42. The molecule has 0 unspecified atom stereocenters. The van der Waals surface area contributed by atoms with E-state index in [-0.39, 0.29) is 17.6 Å². The van der Waals surface area contributed by atoms with Crippen LogP contribution in [0, 0.1) is 0 Å². The molecule has 0 radical (unpaired) electrons. The molecule has 21 heavy (non-hydrogen) atoms. The van der Waals surface area contributed by atoms with Crippen molar-refractivity contribution < 1.29 is 19.1 Å². The number of piperidine rings is 1. The van der Waals surface area contributed by atoms with Gasteiger partial charge in [0.15, 0.2) is 0 Å². The number of amides is 1. The molecule has 0 aromatic rings. The molecule has 5 nitrogen and oxygen atoms in total. The number of hydrogen-bond donors (Lipinski definition) is 0. The molecule has 0 spiro atoms. The predicted molar refractivity (Wildman–Crippen MR) is 81.0 cm³/mol. The van der Waals surface area contributed by atoms with Crippen LogP contribution in [0.5, 0.6) is 0 Å². The molecular formula is C16H27NO4. The fourth-order valence-electron chi connectivity index (χ4n) is 2.43. The molecule has 120 valence electrons. The zero-order valence-electron chi connectivity index (χ0n) is 14.0. The van der Waals surface area contributed by atoms with Crippen molar-refractivity contribution in [3.8, 4) is 0 Å². The summed E-state index contributed by atoms with van der Waals surface area (Å²) < 4.78 is 10.4. The maximum Gasteiger partial charge on any atom is 0.410 e. The van der Waals surface area contributed by atoms with E-state index in [1.54, 1.807) is 17.9 Å². The number of esters is 1. The zero-order valence-corrected chi connectivity index (χ0v) is 14.0. The zero-order chi connectivity index (χ0) is 16.3. The third-order valence-electron chi connectivity index (χ3n) is 3.27. The average Bonchev–Trinajstić information content (AvgIpc) is 2.24. The Morgan fingerprint density at radius 1 is 1.33 bits per heavy atom. The van der Waals surface area contributed by atoms with Crippen LogP contribution < -0.4 is 0 Å². The number of hydrogen-bond acceptors (Lipinski definition) is 4. The first-order valence-corrected chi connectivity index (χ1v) is 7.42. The normalized spacial score (nSPS) is 20.3. The van der Waals surface area contributed by atoms with E-state index in [9.17, 15) is 9.59 Å². The van der Waals surface area contributed by atoms with Gasteiger partial charge in [0, 0.05) is 18.2 Å². The number of carbonyl (C=O) groups excluding carboxylic acids is 2. The molecule has 0 N–H and O–H groups in total. The van der Waals surface area contributed by atoms with Crippen molar-refractivity contribution in [2.24, 2.45) is 0 Å². The lowest BCUT2D eigenvalue weighted by Gasteiger charge is -2.43. The van der Waals surface area contributed by atoms with Gasteiger partial charge in [-0.25, -0.2) is 9.59 Å². The van der Waals surface area contributed by atoms with Crippen molar-refractivity contribution in [2.75, 3.05) is 13.2 Å². The van der Waals surface area contributed by atoms with Crippen molar-refractivity contribution >= 4 is 12.1 Å². The summed E-state index contributed by atoms with van der Waals surface area (Å²) in [6.07, 6.45) is 2.56. The van der Waals surface area contributed by atoms with Crippen LogP contribution in [0.15, 0.2) is 11.6 Å². The van der Waals surface area contributed by atoms with Gasteiger partial charge in [0.05, 0.1) is 6.61 Å². The van der Waals surface area contributed by atoms with Crippen molar-refractivity contribution in [1.82, 2.24) is 4.90 Å². The Morgan fingerprint density at radius 3 is 2.43 bits per heavy atom. The van der Waals surface area contributed by atoms with Crippen LogP contribution >= 0.6 is 0 Å². The highest BCUT2D eigenvalue weighted by Crippen LogP contribution is 2.32. The van der Waals surface area contributed by atoms with Gasteiger partial charge in [-0.2, -0.15) is 0 Å². The summed E-state index contributed by atoms with van der Waals surface area (Å²) >= 11 is 0. The second-order valence-electron chi connectivity index (χ2n) is 6.93. The Balaban J connectivity index is 2.75. The van der Waals surface area contributed by atoms with Crippen LogP contribution in [0.25, 0.3) is 0 Å². The summed E-state index contributed by atoms with van der Waals surface area (Å²) in [5.41, 5.74) is 0.130. The van der Waals surface area contributed by atoms with E-state index < -0.39 is 5.60 Å². The SMILES string of the molecule is CCOC(=O)C=C1CCN(C(=O)OC(C)(C)C)C(C)(C)C1. The van der Waals surface area contributed by atoms with Crippen LogP contribution in [0.1, 0.15) is 54.4 Å². The molecule has 1 rings (SSSR count). The molecule has 1 heterocycles. The summed E-state index contributed by atoms with van der Waals surface area (Å²) in [6, 6.07) is 0. The maximum absolute atomic E-state index is 12.3. The largest absolute Gasteiger partial charge is 0.463 e. The standard InChI is InChI=1S/C16H27NO4/c1-7-20-13(18)10-12-8-9-17(16(5,6)11-12)14(19)21-15(2,3)4/h10H,7-9,11H2,1-6H3. The fourth-order valence-corrected chi connectivity index (χ4v) is 2.43. The molecule has 0 saturated carbocycles. The average molecular weight is 297 g/mol. The Hall–Kier alpha value is -1.52. The summed E-state index contributed by atoms with van der Waals surface area (Å²) in [5.74, 6) is -0.311. The lowest BCUT2D eigenvalue weighted by atomic mass is 9.87. The summed E-state index contributed by atoms with van der Waals surface area (Å²) in [4.78, 5) is 25.5. The van der Waals surface area contributed by atoms with E-state index in [2.05, 4.69) is 0 Å². The lowest BCUT2D eigenvalue weighted by molar-refractivity contribution is -0.137. The maximum atomic E-state index is 12.3. The molecular weight excluding hydrogens is 270 g/mol. The van der Waals surface area contributed by atoms with E-state index in [1.165, 1.54) is 0 Å². The van der Waals surface area contributed by atoms with Crippen molar-refractivity contribution in [2.45, 2.75) is 65.5 Å². The van der Waals surface area contributed by atoms with Crippen LogP contribution in [0.3, 0.4) is 0 Å². The lowest BCUT2D eigenvalue weighted by Crippen LogP contribution is -2.52. The number of carbonyl (C=O) groups is 2. The first-order chi connectivity index (χ1) is 9.55. The molecule has 0 aliphatic carbocycles. The summed E-state index contributed by atoms with van der Waals surface area (Å²) in [6.45, 7) is 12.2. The van der Waals surface area contributed by atoms with Crippen molar-refractivity contribution in [3.63, 3.8) is 0 Å². The van der Waals surface area contributed by atoms with Gasteiger partial charge >= 0.3 is 12.1 Å². The van der Waals surface area contributed by atoms with Crippen LogP contribution in [0.4, 0.5) is 4.79 Å². The number of nitrogens with zero attached hydrogens (tertiary/aromatic N) is 1. The fraction of sp³-hybridized carbons (Fsp3) is 0.750. The Morgan fingerprint density at radius 2 is 1.95 bits per heavy atom. The number of ether oxygens (including phenoxy) is 2. The third-order valence-corrected chi connectivity index (χ3v) is 3.27. The third kappa shape index (κ3) is 5.40. The van der Waals surface area contributed by atoms with Gasteiger partial charge in [0.1, 0.15) is 5.60 Å². The minimum absolute atomic E-state index is 0.303. The molecule has 0 aromatic carbocycles. The molecule has 0 aromatic heterocycles. The molecule has 1 aliphatic rings. The Labute approximate surface area is 127 Å². The van der Waals surface area contributed by atoms with Crippen LogP contribution in [0.2, 0.25) is 0 Å². The highest BCUT2D eigenvalue weighted by Gasteiger charge is 2.37. The second kappa shape index (κ2) is 6.50. The van der Waals surface area contributed by atoms with Crippen molar-refractivity contribution in [1.29, 1.82) is 0 Å². The molecule has 1 fully saturated rings. The molecule has 5 heteroatoms. The minimum Gasteiger partial charge on any atom is -0.463 e. The second-order valence-corrected chi connectivity index (χ2v) is 6.93. The van der Waals surface area contributed by atoms with Crippen LogP contribution in [-0.2, 0) is 14.3 Å². The molecule has 0 bridgehead atoms. The molecule has 0 atom stereocenters. The van der Waals surface area contributed by atoms with Gasteiger partial charge in [0.25, 0.3) is 0 Å². The predicted octanol–water partition coefficient (Wildman–Crippen LogP) is 3.29. The van der Waals surface area contributed by atoms with Gasteiger partial charge in [0.2, 0.25) is 0 Å². The van der Waals surface area contributed by atoms with E-state index >= 15 is 0 Å². The van der Waals surface area contributed by atoms with Crippen molar-refractivity contribution in [3.05, 3.63) is 11.6 Å². The summed E-state index contributed by atoms with van der Waals surface area (Å²) in [5, 5.41) is 0.